The van der Waals surface area contributed by atoms with Crippen LogP contribution in [0.5, 0.6) is 17.2 Å². The van der Waals surface area contributed by atoms with Crippen molar-refractivity contribution in [1.82, 2.24) is 19.9 Å². The van der Waals surface area contributed by atoms with Gasteiger partial charge in [-0.1, -0.05) is 0 Å². The van der Waals surface area contributed by atoms with Gasteiger partial charge in [-0.3, -0.25) is 4.98 Å². The number of nitrogens with zero attached hydrogens (tertiary/aromatic N) is 4. The van der Waals surface area contributed by atoms with Gasteiger partial charge in [0.15, 0.2) is 17.3 Å². The Labute approximate surface area is 155 Å². The fourth-order valence-corrected chi connectivity index (χ4v) is 2.56. The molecule has 0 amide bonds. The van der Waals surface area contributed by atoms with E-state index in [4.69, 9.17) is 26.4 Å². The second kappa shape index (κ2) is 7.79. The first kappa shape index (κ1) is 17.6. The van der Waals surface area contributed by atoms with Crippen LogP contribution in [-0.4, -0.2) is 47.4 Å². The van der Waals surface area contributed by atoms with E-state index in [0.717, 1.165) is 11.1 Å². The van der Waals surface area contributed by atoms with Crippen LogP contribution < -0.4 is 14.2 Å². The van der Waals surface area contributed by atoms with Gasteiger partial charge in [0.25, 0.3) is 0 Å². The molecule has 0 unspecified atom stereocenters. The van der Waals surface area contributed by atoms with Crippen LogP contribution in [0, 0.1) is 4.77 Å². The number of hydrogen-bond donors (Lipinski definition) is 1. The Hall–Kier alpha value is -3.20. The molecule has 2 heterocycles. The van der Waals surface area contributed by atoms with E-state index >= 15 is 0 Å². The molecule has 1 N–H and O–H groups in total. The van der Waals surface area contributed by atoms with E-state index in [1.54, 1.807) is 52.1 Å². The molecule has 3 rings (SSSR count). The average Bonchev–Trinajstić information content (AvgIpc) is 3.06. The Morgan fingerprint density at radius 2 is 1.88 bits per heavy atom. The van der Waals surface area contributed by atoms with E-state index in [9.17, 15) is 0 Å². The number of nitrogens with one attached hydrogen (secondary N) is 1. The Morgan fingerprint density at radius 3 is 2.46 bits per heavy atom. The summed E-state index contributed by atoms with van der Waals surface area (Å²) in [7, 11) is 4.68. The van der Waals surface area contributed by atoms with Gasteiger partial charge in [0.05, 0.1) is 27.5 Å². The lowest BCUT2D eigenvalue weighted by molar-refractivity contribution is 0.324. The molecule has 0 spiro atoms. The summed E-state index contributed by atoms with van der Waals surface area (Å²) in [5, 5.41) is 11.4. The summed E-state index contributed by atoms with van der Waals surface area (Å²) in [5.41, 5.74) is 1.54. The van der Waals surface area contributed by atoms with Crippen molar-refractivity contribution < 1.29 is 14.2 Å². The molecule has 0 aliphatic carbocycles. The largest absolute Gasteiger partial charge is 0.493 e. The van der Waals surface area contributed by atoms with E-state index in [2.05, 4.69) is 20.3 Å². The molecule has 2 aromatic heterocycles. The van der Waals surface area contributed by atoms with E-state index in [1.807, 2.05) is 12.1 Å². The van der Waals surface area contributed by atoms with Gasteiger partial charge in [0.1, 0.15) is 0 Å². The summed E-state index contributed by atoms with van der Waals surface area (Å²) < 4.78 is 17.9. The van der Waals surface area contributed by atoms with Crippen LogP contribution in [-0.2, 0) is 0 Å². The monoisotopic (exact) mass is 371 g/mol. The number of ether oxygens (including phenoxy) is 3. The molecule has 9 heteroatoms. The maximum atomic E-state index is 5.35. The molecule has 26 heavy (non-hydrogen) atoms. The minimum atomic E-state index is 0.368. The van der Waals surface area contributed by atoms with E-state index in [1.165, 1.54) is 4.68 Å². The summed E-state index contributed by atoms with van der Waals surface area (Å²) in [4.78, 5) is 4.09. The highest BCUT2D eigenvalue weighted by atomic mass is 32.1. The zero-order valence-corrected chi connectivity index (χ0v) is 15.3. The molecule has 0 aliphatic rings. The number of benzene rings is 1. The third-order valence-corrected chi connectivity index (χ3v) is 3.84. The van der Waals surface area contributed by atoms with Gasteiger partial charge in [-0.2, -0.15) is 14.9 Å². The third kappa shape index (κ3) is 3.42. The smallest absolute Gasteiger partial charge is 0.216 e. The maximum absolute atomic E-state index is 5.35. The van der Waals surface area contributed by atoms with Crippen LogP contribution in [0.15, 0.2) is 41.8 Å². The number of methoxy groups -OCH3 is 3. The minimum absolute atomic E-state index is 0.368. The molecule has 0 fully saturated rings. The van der Waals surface area contributed by atoms with Crippen molar-refractivity contribution in [2.45, 2.75) is 0 Å². The van der Waals surface area contributed by atoms with E-state index in [0.29, 0.717) is 27.8 Å². The van der Waals surface area contributed by atoms with Crippen LogP contribution in [0.2, 0.25) is 0 Å². The summed E-state index contributed by atoms with van der Waals surface area (Å²) in [6, 6.07) is 7.28. The molecule has 134 valence electrons. The SMILES string of the molecule is COc1cc(/C=N\n2c(-c3cccnc3)n[nH]c2=S)cc(OC)c1OC. The first-order valence-corrected chi connectivity index (χ1v) is 8.01. The lowest BCUT2D eigenvalue weighted by Gasteiger charge is -2.12. The number of hydrogen-bond acceptors (Lipinski definition) is 7. The van der Waals surface area contributed by atoms with E-state index in [-0.39, 0.29) is 0 Å². The normalized spacial score (nSPS) is 10.9. The Bertz CT molecular complexity index is 957. The number of aromatic nitrogens is 4. The van der Waals surface area contributed by atoms with Gasteiger partial charge in [-0.15, -0.1) is 0 Å². The molecule has 0 atom stereocenters. The van der Waals surface area contributed by atoms with Crippen molar-refractivity contribution in [2.24, 2.45) is 5.10 Å². The molecular weight excluding hydrogens is 354 g/mol. The Morgan fingerprint density at radius 1 is 1.15 bits per heavy atom. The first-order valence-electron chi connectivity index (χ1n) is 7.60. The van der Waals surface area contributed by atoms with E-state index < -0.39 is 0 Å². The van der Waals surface area contributed by atoms with Crippen LogP contribution in [0.25, 0.3) is 11.4 Å². The molecule has 0 saturated heterocycles. The molecule has 1 aromatic carbocycles. The number of pyridine rings is 1. The van der Waals surface area contributed by atoms with Gasteiger partial charge < -0.3 is 14.2 Å². The lowest BCUT2D eigenvalue weighted by atomic mass is 10.2. The van der Waals surface area contributed by atoms with Crippen molar-refractivity contribution in [3.05, 3.63) is 47.0 Å². The predicted molar refractivity (Wildman–Crippen MR) is 99.7 cm³/mol. The fourth-order valence-electron chi connectivity index (χ4n) is 2.38. The predicted octanol–water partition coefficient (Wildman–Crippen LogP) is 2.91. The first-order chi connectivity index (χ1) is 12.7. The molecule has 0 bridgehead atoms. The highest BCUT2D eigenvalue weighted by Gasteiger charge is 2.13. The van der Waals surface area contributed by atoms with Crippen LogP contribution >= 0.6 is 12.2 Å². The molecule has 3 aromatic rings. The van der Waals surface area contributed by atoms with Crippen LogP contribution in [0.4, 0.5) is 0 Å². The van der Waals surface area contributed by atoms with Crippen molar-refractivity contribution in [1.29, 1.82) is 0 Å². The molecular formula is C17H17N5O3S. The maximum Gasteiger partial charge on any atom is 0.216 e. The number of aromatic amines is 1. The van der Waals surface area contributed by atoms with Gasteiger partial charge in [0.2, 0.25) is 10.5 Å². The molecule has 0 saturated carbocycles. The highest BCUT2D eigenvalue weighted by molar-refractivity contribution is 7.71. The minimum Gasteiger partial charge on any atom is -0.493 e. The third-order valence-electron chi connectivity index (χ3n) is 3.58. The van der Waals surface area contributed by atoms with Crippen molar-refractivity contribution >= 4 is 18.4 Å². The van der Waals surface area contributed by atoms with Crippen LogP contribution in [0.1, 0.15) is 5.56 Å². The van der Waals surface area contributed by atoms with Crippen molar-refractivity contribution in [3.8, 4) is 28.6 Å². The Kier molecular flexibility index (Phi) is 5.28. The molecule has 8 nitrogen and oxygen atoms in total. The summed E-state index contributed by atoms with van der Waals surface area (Å²) in [5.74, 6) is 2.16. The van der Waals surface area contributed by atoms with Crippen molar-refractivity contribution in [2.75, 3.05) is 21.3 Å². The zero-order chi connectivity index (χ0) is 18.5. The van der Waals surface area contributed by atoms with Gasteiger partial charge in [-0.25, -0.2) is 5.10 Å². The van der Waals surface area contributed by atoms with Gasteiger partial charge >= 0.3 is 0 Å². The molecule has 0 aliphatic heterocycles. The quantitative estimate of drug-likeness (QED) is 0.530. The number of H-pyrrole nitrogens is 1. The number of rotatable bonds is 6. The second-order valence-electron chi connectivity index (χ2n) is 5.11. The summed E-state index contributed by atoms with van der Waals surface area (Å²) in [6.07, 6.45) is 5.01. The highest BCUT2D eigenvalue weighted by Crippen LogP contribution is 2.37. The van der Waals surface area contributed by atoms with Crippen LogP contribution in [0.3, 0.4) is 0 Å². The van der Waals surface area contributed by atoms with Gasteiger partial charge in [-0.05, 0) is 36.5 Å². The fraction of sp³-hybridized carbons (Fsp3) is 0.176. The second-order valence-corrected chi connectivity index (χ2v) is 5.50. The summed E-state index contributed by atoms with van der Waals surface area (Å²) >= 11 is 5.27. The average molecular weight is 371 g/mol. The van der Waals surface area contributed by atoms with Gasteiger partial charge in [0, 0.05) is 23.5 Å². The molecule has 0 radical (unpaired) electrons. The topological polar surface area (TPSA) is 86.6 Å². The Balaban J connectivity index is 2.02. The zero-order valence-electron chi connectivity index (χ0n) is 14.5. The lowest BCUT2D eigenvalue weighted by Crippen LogP contribution is -1.98. The summed E-state index contributed by atoms with van der Waals surface area (Å²) in [6.45, 7) is 0. The van der Waals surface area contributed by atoms with Crippen molar-refractivity contribution in [3.63, 3.8) is 0 Å². The standard InChI is InChI=1S/C17H17N5O3S/c1-23-13-7-11(8-14(24-2)15(13)25-3)9-19-22-16(20-21-17(22)26)12-5-4-6-18-10-12/h4-10H,1-3H3,(H,21,26)/b19-9-.